The summed E-state index contributed by atoms with van der Waals surface area (Å²) in [6.45, 7) is 4.53. The van der Waals surface area contributed by atoms with E-state index in [2.05, 4.69) is 11.2 Å². The molecule has 0 saturated heterocycles. The summed E-state index contributed by atoms with van der Waals surface area (Å²) in [5, 5.41) is 2.80. The summed E-state index contributed by atoms with van der Waals surface area (Å²) in [4.78, 5) is 12.2. The molecule has 2 aromatic rings. The number of nitrogens with one attached hydrogen (secondary N) is 1. The molecule has 0 fully saturated rings. The van der Waals surface area contributed by atoms with Crippen LogP contribution in [0, 0.1) is 12.3 Å². The molecule has 0 aromatic heterocycles. The van der Waals surface area contributed by atoms with Gasteiger partial charge in [-0.1, -0.05) is 12.0 Å². The van der Waals surface area contributed by atoms with E-state index < -0.39 is 0 Å². The van der Waals surface area contributed by atoms with Gasteiger partial charge in [-0.15, -0.1) is 6.42 Å². The zero-order valence-electron chi connectivity index (χ0n) is 14.9. The first-order chi connectivity index (χ1) is 12.6. The third kappa shape index (κ3) is 4.07. The SMILES string of the molecule is C#Cc1cccc(NC(=O)/C=C/c2cc3c(cc2OCC)CC(C)O3)c1. The van der Waals surface area contributed by atoms with Crippen molar-refractivity contribution in [2.24, 2.45) is 0 Å². The molecule has 4 nitrogen and oxygen atoms in total. The molecule has 1 aliphatic rings. The molecular weight excluding hydrogens is 326 g/mol. The largest absolute Gasteiger partial charge is 0.493 e. The fraction of sp³-hybridized carbons (Fsp3) is 0.227. The quantitative estimate of drug-likeness (QED) is 0.656. The molecule has 132 valence electrons. The molecule has 26 heavy (non-hydrogen) atoms. The minimum absolute atomic E-state index is 0.158. The van der Waals surface area contributed by atoms with Crippen molar-refractivity contribution >= 4 is 17.7 Å². The number of carbonyl (C=O) groups is 1. The molecule has 1 heterocycles. The maximum Gasteiger partial charge on any atom is 0.248 e. The first-order valence-corrected chi connectivity index (χ1v) is 8.61. The van der Waals surface area contributed by atoms with Gasteiger partial charge < -0.3 is 14.8 Å². The Morgan fingerprint density at radius 2 is 2.27 bits per heavy atom. The highest BCUT2D eigenvalue weighted by molar-refractivity contribution is 6.02. The van der Waals surface area contributed by atoms with Gasteiger partial charge in [0.1, 0.15) is 17.6 Å². The molecule has 1 unspecified atom stereocenters. The molecular formula is C22H21NO3. The standard InChI is InChI=1S/C22H21NO3/c1-4-16-7-6-8-19(12-16)23-22(24)10-9-17-13-21-18(11-15(3)26-21)14-20(17)25-5-2/h1,6-10,12-15H,5,11H2,2-3H3,(H,23,24)/b10-9+. The molecule has 4 heteroatoms. The molecule has 2 aromatic carbocycles. The van der Waals surface area contributed by atoms with Crippen molar-refractivity contribution in [1.82, 2.24) is 0 Å². The summed E-state index contributed by atoms with van der Waals surface area (Å²) < 4.78 is 11.5. The summed E-state index contributed by atoms with van der Waals surface area (Å²) in [6.07, 6.45) is 9.62. The summed E-state index contributed by atoms with van der Waals surface area (Å²) >= 11 is 0. The minimum Gasteiger partial charge on any atom is -0.493 e. The Hall–Kier alpha value is -3.19. The van der Waals surface area contributed by atoms with Crippen LogP contribution in [0.25, 0.3) is 6.08 Å². The van der Waals surface area contributed by atoms with Gasteiger partial charge in [-0.3, -0.25) is 4.79 Å². The fourth-order valence-electron chi connectivity index (χ4n) is 2.90. The van der Waals surface area contributed by atoms with E-state index in [-0.39, 0.29) is 12.0 Å². The van der Waals surface area contributed by atoms with Crippen LogP contribution >= 0.6 is 0 Å². The zero-order chi connectivity index (χ0) is 18.5. The van der Waals surface area contributed by atoms with Gasteiger partial charge >= 0.3 is 0 Å². The van der Waals surface area contributed by atoms with Gasteiger partial charge in [-0.2, -0.15) is 0 Å². The second-order valence-corrected chi connectivity index (χ2v) is 6.11. The monoisotopic (exact) mass is 347 g/mol. The van der Waals surface area contributed by atoms with Crippen molar-refractivity contribution in [3.63, 3.8) is 0 Å². The second kappa shape index (κ2) is 7.79. The summed E-state index contributed by atoms with van der Waals surface area (Å²) in [5.41, 5.74) is 3.32. The van der Waals surface area contributed by atoms with Crippen molar-refractivity contribution in [2.75, 3.05) is 11.9 Å². The molecule has 0 spiro atoms. The van der Waals surface area contributed by atoms with Gasteiger partial charge in [0.25, 0.3) is 0 Å². The van der Waals surface area contributed by atoms with Gasteiger partial charge in [0.2, 0.25) is 5.91 Å². The molecule has 0 radical (unpaired) electrons. The van der Waals surface area contributed by atoms with Crippen LogP contribution in [-0.2, 0) is 11.2 Å². The van der Waals surface area contributed by atoms with Gasteiger partial charge in [0.15, 0.2) is 0 Å². The first-order valence-electron chi connectivity index (χ1n) is 8.61. The number of carbonyl (C=O) groups excluding carboxylic acids is 1. The lowest BCUT2D eigenvalue weighted by molar-refractivity contribution is -0.111. The maximum atomic E-state index is 12.2. The number of terminal acetylenes is 1. The Bertz CT molecular complexity index is 893. The number of ether oxygens (including phenoxy) is 2. The Morgan fingerprint density at radius 1 is 1.42 bits per heavy atom. The molecule has 1 atom stereocenters. The highest BCUT2D eigenvalue weighted by Gasteiger charge is 2.21. The van der Waals surface area contributed by atoms with Crippen LogP contribution in [0.5, 0.6) is 11.5 Å². The molecule has 1 aliphatic heterocycles. The molecule has 3 rings (SSSR count). The first kappa shape index (κ1) is 17.6. The molecule has 0 saturated carbocycles. The Morgan fingerprint density at radius 3 is 3.04 bits per heavy atom. The van der Waals surface area contributed by atoms with Crippen molar-refractivity contribution in [2.45, 2.75) is 26.4 Å². The van der Waals surface area contributed by atoms with Crippen LogP contribution in [0.1, 0.15) is 30.5 Å². The van der Waals surface area contributed by atoms with Crippen molar-refractivity contribution in [1.29, 1.82) is 0 Å². The number of hydrogen-bond acceptors (Lipinski definition) is 3. The fourth-order valence-corrected chi connectivity index (χ4v) is 2.90. The van der Waals surface area contributed by atoms with E-state index in [0.29, 0.717) is 12.3 Å². The van der Waals surface area contributed by atoms with Crippen molar-refractivity contribution in [3.8, 4) is 23.8 Å². The predicted molar refractivity (Wildman–Crippen MR) is 103 cm³/mol. The number of hydrogen-bond donors (Lipinski definition) is 1. The smallest absolute Gasteiger partial charge is 0.248 e. The van der Waals surface area contributed by atoms with Crippen LogP contribution in [0.15, 0.2) is 42.5 Å². The van der Waals surface area contributed by atoms with Crippen LogP contribution < -0.4 is 14.8 Å². The number of fused-ring (bicyclic) bond motifs is 1. The van der Waals surface area contributed by atoms with E-state index in [0.717, 1.165) is 34.6 Å². The van der Waals surface area contributed by atoms with Gasteiger partial charge in [0.05, 0.1) is 6.61 Å². The minimum atomic E-state index is -0.239. The van der Waals surface area contributed by atoms with E-state index >= 15 is 0 Å². The van der Waals surface area contributed by atoms with E-state index in [1.165, 1.54) is 6.08 Å². The topological polar surface area (TPSA) is 47.6 Å². The average Bonchev–Trinajstić information content (AvgIpc) is 2.99. The Labute approximate surface area is 153 Å². The van der Waals surface area contributed by atoms with Gasteiger partial charge in [-0.05, 0) is 50.3 Å². The summed E-state index contributed by atoms with van der Waals surface area (Å²) in [5.74, 6) is 3.91. The molecule has 1 N–H and O–H groups in total. The maximum absolute atomic E-state index is 12.2. The van der Waals surface area contributed by atoms with E-state index in [1.54, 1.807) is 24.3 Å². The van der Waals surface area contributed by atoms with Crippen LogP contribution in [0.2, 0.25) is 0 Å². The van der Waals surface area contributed by atoms with Crippen molar-refractivity contribution < 1.29 is 14.3 Å². The van der Waals surface area contributed by atoms with Crippen LogP contribution in [0.4, 0.5) is 5.69 Å². The lowest BCUT2D eigenvalue weighted by Crippen LogP contribution is -2.07. The highest BCUT2D eigenvalue weighted by Crippen LogP contribution is 2.35. The number of benzene rings is 2. The number of amides is 1. The number of rotatable bonds is 5. The summed E-state index contributed by atoms with van der Waals surface area (Å²) in [6, 6.07) is 11.1. The Kier molecular flexibility index (Phi) is 5.28. The van der Waals surface area contributed by atoms with E-state index in [1.807, 2.05) is 32.0 Å². The number of anilines is 1. The second-order valence-electron chi connectivity index (χ2n) is 6.11. The van der Waals surface area contributed by atoms with Crippen LogP contribution in [-0.4, -0.2) is 18.6 Å². The highest BCUT2D eigenvalue weighted by atomic mass is 16.5. The van der Waals surface area contributed by atoms with E-state index in [9.17, 15) is 4.79 Å². The Balaban J connectivity index is 1.77. The van der Waals surface area contributed by atoms with Crippen LogP contribution in [0.3, 0.4) is 0 Å². The average molecular weight is 347 g/mol. The lowest BCUT2D eigenvalue weighted by atomic mass is 10.1. The zero-order valence-corrected chi connectivity index (χ0v) is 14.9. The van der Waals surface area contributed by atoms with Gasteiger partial charge in [-0.25, -0.2) is 0 Å². The molecule has 1 amide bonds. The third-order valence-corrected chi connectivity index (χ3v) is 4.04. The predicted octanol–water partition coefficient (Wildman–Crippen LogP) is 4.04. The molecule has 0 bridgehead atoms. The van der Waals surface area contributed by atoms with Crippen molar-refractivity contribution in [3.05, 3.63) is 59.2 Å². The third-order valence-electron chi connectivity index (χ3n) is 4.04. The lowest BCUT2D eigenvalue weighted by Gasteiger charge is -2.10. The normalized spacial score (nSPS) is 15.2. The summed E-state index contributed by atoms with van der Waals surface area (Å²) in [7, 11) is 0. The van der Waals surface area contributed by atoms with Gasteiger partial charge in [0, 0.05) is 34.9 Å². The van der Waals surface area contributed by atoms with E-state index in [4.69, 9.17) is 15.9 Å². The molecule has 0 aliphatic carbocycles.